The monoisotopic (exact) mass is 689 g/mol. The minimum atomic E-state index is -0.764. The molecule has 4 aromatic rings. The molecule has 0 fully saturated rings. The molecule has 12 nitrogen and oxygen atoms in total. The molecule has 51 heavy (non-hydrogen) atoms. The number of benzene rings is 3. The zero-order valence-electron chi connectivity index (χ0n) is 29.1. The van der Waals surface area contributed by atoms with Crippen LogP contribution in [0, 0.1) is 18.8 Å². The van der Waals surface area contributed by atoms with Crippen molar-refractivity contribution in [2.45, 2.75) is 52.7 Å². The Labute approximate surface area is 296 Å². The average Bonchev–Trinajstić information content (AvgIpc) is 3.18. The summed E-state index contributed by atoms with van der Waals surface area (Å²) >= 11 is 0. The van der Waals surface area contributed by atoms with E-state index in [1.807, 2.05) is 48.5 Å². The first-order valence-electron chi connectivity index (χ1n) is 16.4. The molecule has 1 atom stereocenters. The minimum absolute atomic E-state index is 0.0234. The lowest BCUT2D eigenvalue weighted by molar-refractivity contribution is -0.144. The Morgan fingerprint density at radius 2 is 1.67 bits per heavy atom. The van der Waals surface area contributed by atoms with Crippen LogP contribution in [0.3, 0.4) is 0 Å². The van der Waals surface area contributed by atoms with Crippen LogP contribution in [0.15, 0.2) is 84.9 Å². The lowest BCUT2D eigenvalue weighted by Crippen LogP contribution is -2.41. The van der Waals surface area contributed by atoms with E-state index in [1.165, 1.54) is 9.80 Å². The number of nitrogens with one attached hydrogen (secondary N) is 1. The highest BCUT2D eigenvalue weighted by Gasteiger charge is 2.37. The summed E-state index contributed by atoms with van der Waals surface area (Å²) in [7, 11) is 0. The largest absolute Gasteiger partial charge is 0.466 e. The number of esters is 1. The fourth-order valence-electron chi connectivity index (χ4n) is 5.44. The molecule has 3 aromatic carbocycles. The SMILES string of the molecule is CCOC(=O)CC(c1ccccc1)N1CC(=O)N(c2ccccc2)c2ccc(C#CCOc3cc(C)nc(NC(=O)OC(C)(C)C)n3)cc2C1=O. The van der Waals surface area contributed by atoms with Gasteiger partial charge in [0.15, 0.2) is 6.61 Å². The molecular weight excluding hydrogens is 650 g/mol. The maximum Gasteiger partial charge on any atom is 0.414 e. The Balaban J connectivity index is 1.44. The third-order valence-corrected chi connectivity index (χ3v) is 7.49. The molecule has 3 amide bonds. The maximum atomic E-state index is 14.5. The first-order valence-corrected chi connectivity index (χ1v) is 16.4. The van der Waals surface area contributed by atoms with Gasteiger partial charge < -0.3 is 19.1 Å². The number of fused-ring (bicyclic) bond motifs is 1. The van der Waals surface area contributed by atoms with Crippen molar-refractivity contribution in [2.24, 2.45) is 0 Å². The normalized spacial score (nSPS) is 13.3. The summed E-state index contributed by atoms with van der Waals surface area (Å²) in [6, 6.07) is 24.1. The van der Waals surface area contributed by atoms with E-state index in [0.29, 0.717) is 28.2 Å². The van der Waals surface area contributed by atoms with Gasteiger partial charge in [0.1, 0.15) is 12.1 Å². The molecule has 1 aliphatic heterocycles. The van der Waals surface area contributed by atoms with E-state index in [2.05, 4.69) is 27.1 Å². The van der Waals surface area contributed by atoms with Crippen LogP contribution >= 0.6 is 0 Å². The standard InChI is InChI=1S/C39H39N5O7/c1-6-49-35(46)24-32(28-15-9-7-10-16-28)43-25-34(45)44(29-17-11-8-12-18-29)31-20-19-27(23-30(31)36(43)47)14-13-21-50-33-22-26(2)40-37(41-33)42-38(48)51-39(3,4)5/h7-12,15-20,22-23,32H,6,21,24-25H2,1-5H3,(H,40,41,42,48). The summed E-state index contributed by atoms with van der Waals surface area (Å²) in [5, 5.41) is 2.50. The van der Waals surface area contributed by atoms with Gasteiger partial charge in [-0.3, -0.25) is 24.6 Å². The van der Waals surface area contributed by atoms with Crippen molar-refractivity contribution in [3.05, 3.63) is 107 Å². The number of para-hydroxylation sites is 1. The highest BCUT2D eigenvalue weighted by atomic mass is 16.6. The van der Waals surface area contributed by atoms with Crippen molar-refractivity contribution in [3.8, 4) is 17.7 Å². The lowest BCUT2D eigenvalue weighted by Gasteiger charge is -2.30. The number of carbonyl (C=O) groups is 4. The molecule has 262 valence electrons. The van der Waals surface area contributed by atoms with Gasteiger partial charge in [-0.25, -0.2) is 9.78 Å². The predicted molar refractivity (Wildman–Crippen MR) is 190 cm³/mol. The highest BCUT2D eigenvalue weighted by molar-refractivity contribution is 6.13. The fourth-order valence-corrected chi connectivity index (χ4v) is 5.44. The van der Waals surface area contributed by atoms with Crippen LogP contribution < -0.4 is 15.0 Å². The van der Waals surface area contributed by atoms with Gasteiger partial charge in [0.2, 0.25) is 11.8 Å². The Morgan fingerprint density at radius 1 is 0.961 bits per heavy atom. The molecule has 0 aliphatic carbocycles. The van der Waals surface area contributed by atoms with Gasteiger partial charge in [-0.2, -0.15) is 4.98 Å². The van der Waals surface area contributed by atoms with Gasteiger partial charge in [-0.1, -0.05) is 60.4 Å². The second-order valence-electron chi connectivity index (χ2n) is 12.6. The van der Waals surface area contributed by atoms with Crippen LogP contribution in [0.2, 0.25) is 0 Å². The van der Waals surface area contributed by atoms with Gasteiger partial charge in [0.25, 0.3) is 11.8 Å². The summed E-state index contributed by atoms with van der Waals surface area (Å²) < 4.78 is 16.3. The van der Waals surface area contributed by atoms with Crippen LogP contribution in [0.25, 0.3) is 0 Å². The van der Waals surface area contributed by atoms with Crippen molar-refractivity contribution in [1.29, 1.82) is 0 Å². The van der Waals surface area contributed by atoms with Crippen LogP contribution in [0.1, 0.15) is 67.3 Å². The number of amides is 3. The number of carbonyl (C=O) groups excluding carboxylic acids is 4. The molecule has 1 aliphatic rings. The van der Waals surface area contributed by atoms with Gasteiger partial charge in [0, 0.05) is 23.0 Å². The Bertz CT molecular complexity index is 1970. The number of aryl methyl sites for hydroxylation is 1. The number of hydrogen-bond acceptors (Lipinski definition) is 9. The summed E-state index contributed by atoms with van der Waals surface area (Å²) in [5.74, 6) is 4.93. The molecule has 1 aromatic heterocycles. The lowest BCUT2D eigenvalue weighted by atomic mass is 10.00. The molecule has 0 saturated carbocycles. The molecule has 0 radical (unpaired) electrons. The number of nitrogens with zero attached hydrogens (tertiary/aromatic N) is 4. The van der Waals surface area contributed by atoms with E-state index < -0.39 is 29.6 Å². The third-order valence-electron chi connectivity index (χ3n) is 7.49. The van der Waals surface area contributed by atoms with E-state index in [4.69, 9.17) is 14.2 Å². The second-order valence-corrected chi connectivity index (χ2v) is 12.6. The van der Waals surface area contributed by atoms with E-state index in [9.17, 15) is 19.2 Å². The van der Waals surface area contributed by atoms with Crippen molar-refractivity contribution < 1.29 is 33.4 Å². The van der Waals surface area contributed by atoms with E-state index >= 15 is 0 Å². The molecule has 0 saturated heterocycles. The van der Waals surface area contributed by atoms with Crippen LogP contribution in [-0.4, -0.2) is 64.1 Å². The topological polar surface area (TPSA) is 140 Å². The molecule has 1 unspecified atom stereocenters. The first-order chi connectivity index (χ1) is 24.4. The maximum absolute atomic E-state index is 14.5. The summed E-state index contributed by atoms with van der Waals surface area (Å²) in [5.41, 5.74) is 2.29. The van der Waals surface area contributed by atoms with E-state index in [0.717, 1.165) is 0 Å². The van der Waals surface area contributed by atoms with E-state index in [-0.39, 0.29) is 49.5 Å². The highest BCUT2D eigenvalue weighted by Crippen LogP contribution is 2.36. The molecule has 5 rings (SSSR count). The zero-order valence-corrected chi connectivity index (χ0v) is 29.1. The van der Waals surface area contributed by atoms with Gasteiger partial charge in [-0.05, 0) is 70.5 Å². The zero-order chi connectivity index (χ0) is 36.5. The average molecular weight is 690 g/mol. The fraction of sp³-hybridized carbons (Fsp3) is 0.282. The van der Waals surface area contributed by atoms with Crippen molar-refractivity contribution in [1.82, 2.24) is 14.9 Å². The quantitative estimate of drug-likeness (QED) is 0.157. The van der Waals surface area contributed by atoms with Crippen molar-refractivity contribution in [2.75, 3.05) is 30.0 Å². The van der Waals surface area contributed by atoms with E-state index in [1.54, 1.807) is 71.0 Å². The Morgan fingerprint density at radius 3 is 2.35 bits per heavy atom. The minimum Gasteiger partial charge on any atom is -0.466 e. The second kappa shape index (κ2) is 16.0. The number of ether oxygens (including phenoxy) is 3. The molecule has 1 N–H and O–H groups in total. The summed E-state index contributed by atoms with van der Waals surface area (Å²) in [6.07, 6.45) is -0.829. The van der Waals surface area contributed by atoms with Crippen LogP contribution in [0.5, 0.6) is 5.88 Å². The van der Waals surface area contributed by atoms with Crippen LogP contribution in [-0.2, 0) is 19.1 Å². The smallest absolute Gasteiger partial charge is 0.414 e. The van der Waals surface area contributed by atoms with Crippen molar-refractivity contribution in [3.63, 3.8) is 0 Å². The molecule has 0 bridgehead atoms. The predicted octanol–water partition coefficient (Wildman–Crippen LogP) is 6.38. The first kappa shape index (κ1) is 36.1. The summed E-state index contributed by atoms with van der Waals surface area (Å²) in [4.78, 5) is 64.8. The van der Waals surface area contributed by atoms with Gasteiger partial charge >= 0.3 is 12.1 Å². The number of hydrogen-bond donors (Lipinski definition) is 1. The number of aromatic nitrogens is 2. The third kappa shape index (κ3) is 9.48. The molecular formula is C39H39N5O7. The molecule has 12 heteroatoms. The number of rotatable bonds is 9. The van der Waals surface area contributed by atoms with Gasteiger partial charge in [0.05, 0.1) is 30.3 Å². The van der Waals surface area contributed by atoms with Crippen molar-refractivity contribution >= 4 is 41.2 Å². The Kier molecular flexibility index (Phi) is 11.3. The molecule has 2 heterocycles. The summed E-state index contributed by atoms with van der Waals surface area (Å²) in [6.45, 7) is 8.54. The Hall–Kier alpha value is -6.22. The van der Waals surface area contributed by atoms with Crippen LogP contribution in [0.4, 0.5) is 22.1 Å². The molecule has 0 spiro atoms. The number of anilines is 3. The van der Waals surface area contributed by atoms with Gasteiger partial charge in [-0.15, -0.1) is 0 Å².